The molecule has 0 aliphatic heterocycles. The Morgan fingerprint density at radius 2 is 2.20 bits per heavy atom. The zero-order valence-electron chi connectivity index (χ0n) is 8.29. The molecule has 15 heavy (non-hydrogen) atoms. The molecule has 1 aliphatic rings. The van der Waals surface area contributed by atoms with E-state index < -0.39 is 0 Å². The number of Topliss-reactive ketones (excluding diaryl/α,β-unsaturated/α-hetero) is 1. The van der Waals surface area contributed by atoms with Crippen molar-refractivity contribution in [3.63, 3.8) is 0 Å². The second kappa shape index (κ2) is 3.74. The summed E-state index contributed by atoms with van der Waals surface area (Å²) >= 11 is 5.92. The molecule has 2 rings (SSSR count). The average molecular weight is 227 g/mol. The summed E-state index contributed by atoms with van der Waals surface area (Å²) in [6, 6.07) is 2.94. The Morgan fingerprint density at radius 1 is 1.53 bits per heavy atom. The highest BCUT2D eigenvalue weighted by molar-refractivity contribution is 6.34. The van der Waals surface area contributed by atoms with Crippen LogP contribution in [0.1, 0.15) is 23.2 Å². The van der Waals surface area contributed by atoms with E-state index in [4.69, 9.17) is 16.3 Å². The van der Waals surface area contributed by atoms with E-state index in [9.17, 15) is 9.90 Å². The summed E-state index contributed by atoms with van der Waals surface area (Å²) in [7, 11) is 1.48. The van der Waals surface area contributed by atoms with Crippen LogP contribution in [0.5, 0.6) is 11.5 Å². The van der Waals surface area contributed by atoms with Crippen molar-refractivity contribution in [2.75, 3.05) is 7.11 Å². The number of phenolic OH excluding ortho intramolecular Hbond substituents is 1. The molecule has 4 heteroatoms. The van der Waals surface area contributed by atoms with Crippen molar-refractivity contribution < 1.29 is 14.6 Å². The predicted molar refractivity (Wildman–Crippen MR) is 56.7 cm³/mol. The van der Waals surface area contributed by atoms with Crippen molar-refractivity contribution in [1.29, 1.82) is 0 Å². The van der Waals surface area contributed by atoms with E-state index in [2.05, 4.69) is 0 Å². The van der Waals surface area contributed by atoms with Crippen LogP contribution in [0.15, 0.2) is 12.1 Å². The third-order valence-electron chi connectivity index (χ3n) is 2.47. The smallest absolute Gasteiger partial charge is 0.171 e. The number of ketones is 1. The zero-order valence-corrected chi connectivity index (χ0v) is 9.04. The predicted octanol–water partition coefficient (Wildman–Crippen LogP) is 2.65. The zero-order chi connectivity index (χ0) is 11.0. The van der Waals surface area contributed by atoms with Crippen LogP contribution in [-0.2, 0) is 0 Å². The van der Waals surface area contributed by atoms with Crippen LogP contribution in [0.4, 0.5) is 0 Å². The Kier molecular flexibility index (Phi) is 2.57. The Morgan fingerprint density at radius 3 is 2.67 bits per heavy atom. The number of phenols is 1. The average Bonchev–Trinajstić information content (AvgIpc) is 2.99. The molecule has 0 aromatic heterocycles. The van der Waals surface area contributed by atoms with Crippen molar-refractivity contribution >= 4 is 17.4 Å². The van der Waals surface area contributed by atoms with E-state index in [1.54, 1.807) is 0 Å². The summed E-state index contributed by atoms with van der Waals surface area (Å²) in [6.45, 7) is 0. The Hall–Kier alpha value is -1.22. The van der Waals surface area contributed by atoms with Crippen LogP contribution in [0.3, 0.4) is 0 Å². The van der Waals surface area contributed by atoms with Crippen LogP contribution in [0, 0.1) is 5.92 Å². The fourth-order valence-electron chi connectivity index (χ4n) is 1.48. The standard InChI is InChI=1S/C11H11ClO3/c1-15-7-4-8(12)10(9(13)5-7)11(14)6-2-3-6/h4-6,13H,2-3H2,1H3. The first-order chi connectivity index (χ1) is 7.13. The number of methoxy groups -OCH3 is 1. The number of benzene rings is 1. The topological polar surface area (TPSA) is 46.5 Å². The van der Waals surface area contributed by atoms with Crippen LogP contribution in [0.2, 0.25) is 5.02 Å². The molecule has 1 N–H and O–H groups in total. The molecular formula is C11H11ClO3. The molecule has 1 aromatic rings. The molecule has 1 fully saturated rings. The van der Waals surface area contributed by atoms with E-state index in [0.717, 1.165) is 12.8 Å². The van der Waals surface area contributed by atoms with E-state index in [-0.39, 0.29) is 28.0 Å². The second-order valence-corrected chi connectivity index (χ2v) is 4.05. The van der Waals surface area contributed by atoms with Gasteiger partial charge < -0.3 is 9.84 Å². The summed E-state index contributed by atoms with van der Waals surface area (Å²) in [5.41, 5.74) is 0.222. The number of hydrogen-bond donors (Lipinski definition) is 1. The van der Waals surface area contributed by atoms with E-state index in [0.29, 0.717) is 5.75 Å². The molecule has 0 spiro atoms. The molecule has 1 saturated carbocycles. The summed E-state index contributed by atoms with van der Waals surface area (Å²) in [6.07, 6.45) is 1.78. The first-order valence-corrected chi connectivity index (χ1v) is 5.12. The van der Waals surface area contributed by atoms with Crippen molar-refractivity contribution in [2.24, 2.45) is 5.92 Å². The lowest BCUT2D eigenvalue weighted by atomic mass is 10.1. The van der Waals surface area contributed by atoms with Crippen LogP contribution < -0.4 is 4.74 Å². The van der Waals surface area contributed by atoms with Crippen molar-refractivity contribution in [3.8, 4) is 11.5 Å². The fourth-order valence-corrected chi connectivity index (χ4v) is 1.78. The number of carbonyl (C=O) groups is 1. The van der Waals surface area contributed by atoms with Gasteiger partial charge in [0, 0.05) is 12.0 Å². The quantitative estimate of drug-likeness (QED) is 0.806. The lowest BCUT2D eigenvalue weighted by Gasteiger charge is -2.07. The third-order valence-corrected chi connectivity index (χ3v) is 2.77. The number of hydrogen-bond acceptors (Lipinski definition) is 3. The molecule has 0 unspecified atom stereocenters. The van der Waals surface area contributed by atoms with Gasteiger partial charge in [-0.05, 0) is 18.9 Å². The van der Waals surface area contributed by atoms with Gasteiger partial charge in [0.2, 0.25) is 0 Å². The minimum Gasteiger partial charge on any atom is -0.507 e. The summed E-state index contributed by atoms with van der Waals surface area (Å²) < 4.78 is 4.93. The molecule has 0 radical (unpaired) electrons. The van der Waals surface area contributed by atoms with Crippen molar-refractivity contribution in [1.82, 2.24) is 0 Å². The second-order valence-electron chi connectivity index (χ2n) is 3.64. The van der Waals surface area contributed by atoms with Gasteiger partial charge in [-0.15, -0.1) is 0 Å². The number of ether oxygens (including phenoxy) is 1. The number of halogens is 1. The Bertz CT molecular complexity index is 387. The van der Waals surface area contributed by atoms with Crippen molar-refractivity contribution in [2.45, 2.75) is 12.8 Å². The highest BCUT2D eigenvalue weighted by Crippen LogP contribution is 2.39. The molecular weight excluding hydrogens is 216 g/mol. The Balaban J connectivity index is 2.42. The lowest BCUT2D eigenvalue weighted by Crippen LogP contribution is -2.03. The van der Waals surface area contributed by atoms with Gasteiger partial charge in [-0.1, -0.05) is 11.6 Å². The van der Waals surface area contributed by atoms with Crippen LogP contribution in [0.25, 0.3) is 0 Å². The number of rotatable bonds is 3. The minimum absolute atomic E-state index is 0.0433. The van der Waals surface area contributed by atoms with Gasteiger partial charge in [0.15, 0.2) is 5.78 Å². The van der Waals surface area contributed by atoms with Gasteiger partial charge in [-0.25, -0.2) is 0 Å². The maximum absolute atomic E-state index is 11.8. The van der Waals surface area contributed by atoms with Crippen LogP contribution >= 0.6 is 11.6 Å². The first kappa shape index (κ1) is 10.3. The molecule has 0 heterocycles. The van der Waals surface area contributed by atoms with Gasteiger partial charge in [-0.3, -0.25) is 4.79 Å². The normalized spacial score (nSPS) is 15.1. The van der Waals surface area contributed by atoms with E-state index in [1.165, 1.54) is 19.2 Å². The monoisotopic (exact) mass is 226 g/mol. The highest BCUT2D eigenvalue weighted by atomic mass is 35.5. The maximum Gasteiger partial charge on any atom is 0.171 e. The molecule has 0 saturated heterocycles. The van der Waals surface area contributed by atoms with Gasteiger partial charge in [0.1, 0.15) is 11.5 Å². The number of aromatic hydroxyl groups is 1. The number of carbonyl (C=O) groups excluding carboxylic acids is 1. The summed E-state index contributed by atoms with van der Waals surface area (Å²) in [5, 5.41) is 9.92. The lowest BCUT2D eigenvalue weighted by molar-refractivity contribution is 0.0965. The Labute approximate surface area is 92.6 Å². The maximum atomic E-state index is 11.8. The summed E-state index contributed by atoms with van der Waals surface area (Å²) in [4.78, 5) is 11.8. The molecule has 0 amide bonds. The fraction of sp³-hybridized carbons (Fsp3) is 0.364. The van der Waals surface area contributed by atoms with Crippen LogP contribution in [-0.4, -0.2) is 18.0 Å². The largest absolute Gasteiger partial charge is 0.507 e. The van der Waals surface area contributed by atoms with Gasteiger partial charge in [0.25, 0.3) is 0 Å². The molecule has 0 bridgehead atoms. The molecule has 0 atom stereocenters. The third kappa shape index (κ3) is 1.92. The van der Waals surface area contributed by atoms with E-state index >= 15 is 0 Å². The molecule has 1 aromatic carbocycles. The van der Waals surface area contributed by atoms with E-state index in [1.807, 2.05) is 0 Å². The van der Waals surface area contributed by atoms with Gasteiger partial charge in [-0.2, -0.15) is 0 Å². The molecule has 80 valence electrons. The van der Waals surface area contributed by atoms with Gasteiger partial charge >= 0.3 is 0 Å². The highest BCUT2D eigenvalue weighted by Gasteiger charge is 2.33. The SMILES string of the molecule is COc1cc(O)c(C(=O)C2CC2)c(Cl)c1. The molecule has 3 nitrogen and oxygen atoms in total. The molecule has 1 aliphatic carbocycles. The summed E-state index contributed by atoms with van der Waals surface area (Å²) in [5.74, 6) is 0.322. The van der Waals surface area contributed by atoms with Gasteiger partial charge in [0.05, 0.1) is 17.7 Å². The van der Waals surface area contributed by atoms with Crippen molar-refractivity contribution in [3.05, 3.63) is 22.7 Å². The first-order valence-electron chi connectivity index (χ1n) is 4.74. The minimum atomic E-state index is -0.101.